The van der Waals surface area contributed by atoms with Gasteiger partial charge in [0.05, 0.1) is 24.0 Å². The molecule has 1 atom stereocenters. The summed E-state index contributed by atoms with van der Waals surface area (Å²) in [6.07, 6.45) is 1.79. The van der Waals surface area contributed by atoms with Crippen LogP contribution in [0.1, 0.15) is 24.2 Å². The Bertz CT molecular complexity index is 1040. The lowest BCUT2D eigenvalue weighted by Gasteiger charge is -2.16. The molecule has 0 saturated carbocycles. The van der Waals surface area contributed by atoms with Crippen LogP contribution in [0, 0.1) is 0 Å². The second-order valence-electron chi connectivity index (χ2n) is 6.78. The lowest BCUT2D eigenvalue weighted by Crippen LogP contribution is -2.11. The van der Waals surface area contributed by atoms with Crippen molar-refractivity contribution < 1.29 is 0 Å². The van der Waals surface area contributed by atoms with Crippen LogP contribution in [0.3, 0.4) is 0 Å². The highest BCUT2D eigenvalue weighted by molar-refractivity contribution is 5.64. The van der Waals surface area contributed by atoms with Gasteiger partial charge in [0.2, 0.25) is 5.95 Å². The van der Waals surface area contributed by atoms with Gasteiger partial charge >= 0.3 is 0 Å². The van der Waals surface area contributed by atoms with Crippen LogP contribution in [0.5, 0.6) is 0 Å². The highest BCUT2D eigenvalue weighted by atomic mass is 15.2. The van der Waals surface area contributed by atoms with Gasteiger partial charge in [0.15, 0.2) is 0 Å². The Kier molecular flexibility index (Phi) is 5.76. The van der Waals surface area contributed by atoms with Gasteiger partial charge in [-0.25, -0.2) is 4.98 Å². The van der Waals surface area contributed by atoms with E-state index in [2.05, 4.69) is 51.8 Å². The Labute approximate surface area is 170 Å². The van der Waals surface area contributed by atoms with Crippen LogP contribution in [0.25, 0.3) is 11.3 Å². The lowest BCUT2D eigenvalue weighted by molar-refractivity contribution is 0.860. The summed E-state index contributed by atoms with van der Waals surface area (Å²) in [4.78, 5) is 13.8. The molecule has 0 saturated heterocycles. The molecule has 0 radical (unpaired) electrons. The summed E-state index contributed by atoms with van der Waals surface area (Å²) >= 11 is 0. The molecule has 0 aliphatic carbocycles. The van der Waals surface area contributed by atoms with Crippen LogP contribution >= 0.6 is 0 Å². The SMILES string of the molecule is CC(Nc1nc(NCc2ccccn2)cc(-c2ccccc2)n1)c1ccccc1. The van der Waals surface area contributed by atoms with E-state index in [0.717, 1.165) is 22.8 Å². The molecular formula is C24H23N5. The number of nitrogens with zero attached hydrogens (tertiary/aromatic N) is 3. The highest BCUT2D eigenvalue weighted by Crippen LogP contribution is 2.24. The second kappa shape index (κ2) is 8.97. The minimum absolute atomic E-state index is 0.0888. The van der Waals surface area contributed by atoms with E-state index in [-0.39, 0.29) is 6.04 Å². The molecular weight excluding hydrogens is 358 g/mol. The predicted octanol–water partition coefficient (Wildman–Crippen LogP) is 5.32. The zero-order chi connectivity index (χ0) is 19.9. The van der Waals surface area contributed by atoms with Gasteiger partial charge in [0, 0.05) is 17.8 Å². The van der Waals surface area contributed by atoms with Gasteiger partial charge in [-0.05, 0) is 24.6 Å². The van der Waals surface area contributed by atoms with Crippen molar-refractivity contribution in [2.24, 2.45) is 0 Å². The van der Waals surface area contributed by atoms with E-state index in [9.17, 15) is 0 Å². The number of aromatic nitrogens is 3. The third-order valence-corrected chi connectivity index (χ3v) is 4.62. The maximum atomic E-state index is 4.75. The van der Waals surface area contributed by atoms with Crippen LogP contribution in [0.2, 0.25) is 0 Å². The van der Waals surface area contributed by atoms with Crippen LogP contribution in [0.15, 0.2) is 91.1 Å². The van der Waals surface area contributed by atoms with Gasteiger partial charge < -0.3 is 10.6 Å². The Morgan fingerprint density at radius 3 is 2.28 bits per heavy atom. The molecule has 0 fully saturated rings. The van der Waals surface area contributed by atoms with Gasteiger partial charge in [-0.15, -0.1) is 0 Å². The molecule has 5 heteroatoms. The Balaban J connectivity index is 1.61. The number of benzene rings is 2. The molecule has 0 amide bonds. The Morgan fingerprint density at radius 2 is 1.55 bits per heavy atom. The first kappa shape index (κ1) is 18.6. The standard InChI is InChI=1S/C24H23N5/c1-18(19-10-4-2-5-11-19)27-24-28-22(20-12-6-3-7-13-20)16-23(29-24)26-17-21-14-8-9-15-25-21/h2-16,18H,17H2,1H3,(H2,26,27,28,29). The first-order valence-corrected chi connectivity index (χ1v) is 9.68. The lowest BCUT2D eigenvalue weighted by atomic mass is 10.1. The molecule has 144 valence electrons. The molecule has 0 aliphatic rings. The van der Waals surface area contributed by atoms with Crippen molar-refractivity contribution in [3.8, 4) is 11.3 Å². The fourth-order valence-corrected chi connectivity index (χ4v) is 3.06. The maximum absolute atomic E-state index is 4.75. The number of pyridine rings is 1. The Hall–Kier alpha value is -3.73. The summed E-state index contributed by atoms with van der Waals surface area (Å²) in [5, 5.41) is 6.80. The molecule has 1 unspecified atom stereocenters. The molecule has 2 aromatic carbocycles. The van der Waals surface area contributed by atoms with Gasteiger partial charge in [0.25, 0.3) is 0 Å². The second-order valence-corrected chi connectivity index (χ2v) is 6.78. The van der Waals surface area contributed by atoms with Gasteiger partial charge in [-0.2, -0.15) is 4.98 Å². The summed E-state index contributed by atoms with van der Waals surface area (Å²) < 4.78 is 0. The first-order valence-electron chi connectivity index (χ1n) is 9.68. The van der Waals surface area contributed by atoms with Crippen molar-refractivity contribution in [3.63, 3.8) is 0 Å². The van der Waals surface area contributed by atoms with Crippen molar-refractivity contribution >= 4 is 11.8 Å². The smallest absolute Gasteiger partial charge is 0.225 e. The average molecular weight is 381 g/mol. The molecule has 2 aromatic heterocycles. The van der Waals surface area contributed by atoms with E-state index in [0.29, 0.717) is 12.5 Å². The monoisotopic (exact) mass is 381 g/mol. The van der Waals surface area contributed by atoms with Crippen molar-refractivity contribution in [1.29, 1.82) is 0 Å². The summed E-state index contributed by atoms with van der Waals surface area (Å²) in [6.45, 7) is 2.70. The fraction of sp³-hybridized carbons (Fsp3) is 0.125. The third kappa shape index (κ3) is 4.96. The van der Waals surface area contributed by atoms with Crippen LogP contribution < -0.4 is 10.6 Å². The summed E-state index contributed by atoms with van der Waals surface area (Å²) in [6, 6.07) is 28.3. The molecule has 5 nitrogen and oxygen atoms in total. The van der Waals surface area contributed by atoms with Crippen molar-refractivity contribution in [1.82, 2.24) is 15.0 Å². The molecule has 29 heavy (non-hydrogen) atoms. The average Bonchev–Trinajstić information content (AvgIpc) is 2.79. The summed E-state index contributed by atoms with van der Waals surface area (Å²) in [5.41, 5.74) is 4.06. The fourth-order valence-electron chi connectivity index (χ4n) is 3.06. The number of hydrogen-bond donors (Lipinski definition) is 2. The molecule has 4 rings (SSSR count). The van der Waals surface area contributed by atoms with E-state index >= 15 is 0 Å². The van der Waals surface area contributed by atoms with Crippen LogP contribution in [0.4, 0.5) is 11.8 Å². The van der Waals surface area contributed by atoms with E-state index in [1.807, 2.05) is 60.7 Å². The number of hydrogen-bond acceptors (Lipinski definition) is 5. The Morgan fingerprint density at radius 1 is 0.828 bits per heavy atom. The van der Waals surface area contributed by atoms with Crippen molar-refractivity contribution in [2.75, 3.05) is 10.6 Å². The van der Waals surface area contributed by atoms with Gasteiger partial charge in [-0.3, -0.25) is 4.98 Å². The topological polar surface area (TPSA) is 62.7 Å². The summed E-state index contributed by atoms with van der Waals surface area (Å²) in [5.74, 6) is 1.35. The number of nitrogens with one attached hydrogen (secondary N) is 2. The molecule has 0 bridgehead atoms. The molecule has 2 N–H and O–H groups in total. The predicted molar refractivity (Wildman–Crippen MR) is 118 cm³/mol. The molecule has 4 aromatic rings. The molecule has 0 spiro atoms. The number of rotatable bonds is 7. The van der Waals surface area contributed by atoms with E-state index in [1.54, 1.807) is 6.20 Å². The normalized spacial score (nSPS) is 11.6. The number of anilines is 2. The zero-order valence-electron chi connectivity index (χ0n) is 16.3. The van der Waals surface area contributed by atoms with Crippen LogP contribution in [-0.2, 0) is 6.54 Å². The zero-order valence-corrected chi connectivity index (χ0v) is 16.3. The molecule has 0 aliphatic heterocycles. The van der Waals surface area contributed by atoms with E-state index < -0.39 is 0 Å². The summed E-state index contributed by atoms with van der Waals surface area (Å²) in [7, 11) is 0. The maximum Gasteiger partial charge on any atom is 0.225 e. The quantitative estimate of drug-likeness (QED) is 0.453. The minimum atomic E-state index is 0.0888. The van der Waals surface area contributed by atoms with Gasteiger partial charge in [-0.1, -0.05) is 66.7 Å². The van der Waals surface area contributed by atoms with Crippen LogP contribution in [-0.4, -0.2) is 15.0 Å². The third-order valence-electron chi connectivity index (χ3n) is 4.62. The minimum Gasteiger partial charge on any atom is -0.364 e. The van der Waals surface area contributed by atoms with E-state index in [4.69, 9.17) is 4.98 Å². The van der Waals surface area contributed by atoms with Gasteiger partial charge in [0.1, 0.15) is 5.82 Å². The van der Waals surface area contributed by atoms with Crippen molar-refractivity contribution in [2.45, 2.75) is 19.5 Å². The largest absolute Gasteiger partial charge is 0.364 e. The van der Waals surface area contributed by atoms with E-state index in [1.165, 1.54) is 5.56 Å². The van der Waals surface area contributed by atoms with Crippen molar-refractivity contribution in [3.05, 3.63) is 102 Å². The highest BCUT2D eigenvalue weighted by Gasteiger charge is 2.11. The molecule has 2 heterocycles. The first-order chi connectivity index (χ1) is 14.3.